The predicted molar refractivity (Wildman–Crippen MR) is 62.2 cm³/mol. The fourth-order valence-electron chi connectivity index (χ4n) is 1.45. The van der Waals surface area contributed by atoms with E-state index in [0.717, 1.165) is 18.5 Å². The van der Waals surface area contributed by atoms with Crippen LogP contribution in [0, 0.1) is 6.92 Å². The van der Waals surface area contributed by atoms with Crippen LogP contribution in [0.2, 0.25) is 0 Å². The number of nitrogens with one attached hydrogen (secondary N) is 1. The molecule has 1 aromatic rings. The number of unbranched alkanes of at least 4 members (excludes halogenated alkanes) is 1. The second-order valence-corrected chi connectivity index (χ2v) is 3.77. The Bertz CT molecular complexity index is 347. The number of anilines is 1. The molecule has 0 atom stereocenters. The Morgan fingerprint density at radius 1 is 1.62 bits per heavy atom. The lowest BCUT2D eigenvalue weighted by molar-refractivity contribution is -0.116. The van der Waals surface area contributed by atoms with Crippen LogP contribution in [0.3, 0.4) is 0 Å². The van der Waals surface area contributed by atoms with Gasteiger partial charge in [0, 0.05) is 12.5 Å². The van der Waals surface area contributed by atoms with Crippen molar-refractivity contribution in [2.75, 3.05) is 11.9 Å². The molecule has 16 heavy (non-hydrogen) atoms. The number of carbonyl (C=O) groups excluding carboxylic acids is 1. The van der Waals surface area contributed by atoms with Crippen molar-refractivity contribution in [3.63, 3.8) is 0 Å². The number of aryl methyl sites for hydroxylation is 1. The van der Waals surface area contributed by atoms with Gasteiger partial charge < -0.3 is 10.4 Å². The van der Waals surface area contributed by atoms with Crippen LogP contribution in [0.5, 0.6) is 0 Å². The first-order valence-electron chi connectivity index (χ1n) is 5.62. The van der Waals surface area contributed by atoms with Gasteiger partial charge >= 0.3 is 0 Å². The van der Waals surface area contributed by atoms with Crippen LogP contribution < -0.4 is 5.32 Å². The van der Waals surface area contributed by atoms with Gasteiger partial charge in [0.15, 0.2) is 0 Å². The maximum absolute atomic E-state index is 11.5. The van der Waals surface area contributed by atoms with Crippen molar-refractivity contribution < 1.29 is 9.90 Å². The van der Waals surface area contributed by atoms with E-state index in [4.69, 9.17) is 5.11 Å². The van der Waals surface area contributed by atoms with Crippen LogP contribution in [0.25, 0.3) is 0 Å². The largest absolute Gasteiger partial charge is 0.394 e. The molecule has 0 radical (unpaired) electrons. The fourth-order valence-corrected chi connectivity index (χ4v) is 1.45. The molecule has 5 nitrogen and oxygen atoms in total. The zero-order chi connectivity index (χ0) is 12.0. The van der Waals surface area contributed by atoms with E-state index >= 15 is 0 Å². The van der Waals surface area contributed by atoms with Crippen molar-refractivity contribution in [1.29, 1.82) is 0 Å². The number of aliphatic hydroxyl groups excluding tert-OH is 1. The normalized spacial score (nSPS) is 10.4. The van der Waals surface area contributed by atoms with E-state index in [1.165, 1.54) is 0 Å². The molecule has 0 aliphatic rings. The summed E-state index contributed by atoms with van der Waals surface area (Å²) in [5.41, 5.74) is 0.833. The average molecular weight is 225 g/mol. The van der Waals surface area contributed by atoms with Gasteiger partial charge in [0.05, 0.1) is 18.8 Å². The van der Waals surface area contributed by atoms with Crippen LogP contribution in [0.15, 0.2) is 6.07 Å². The first-order chi connectivity index (χ1) is 7.67. The molecule has 2 N–H and O–H groups in total. The Hall–Kier alpha value is -1.36. The Morgan fingerprint density at radius 3 is 3.00 bits per heavy atom. The molecule has 0 aromatic carbocycles. The molecule has 0 aliphatic heterocycles. The minimum atomic E-state index is 0.000870. The number of carbonyl (C=O) groups is 1. The second-order valence-electron chi connectivity index (χ2n) is 3.77. The van der Waals surface area contributed by atoms with Gasteiger partial charge in [-0.3, -0.25) is 4.79 Å². The number of hydrogen-bond acceptors (Lipinski definition) is 3. The molecule has 0 aliphatic carbocycles. The molecule has 0 bridgehead atoms. The molecule has 90 valence electrons. The Morgan fingerprint density at radius 2 is 2.38 bits per heavy atom. The van der Waals surface area contributed by atoms with E-state index in [0.29, 0.717) is 18.8 Å². The lowest BCUT2D eigenvalue weighted by atomic mass is 10.2. The zero-order valence-corrected chi connectivity index (χ0v) is 9.86. The highest BCUT2D eigenvalue weighted by atomic mass is 16.3. The molecule has 5 heteroatoms. The van der Waals surface area contributed by atoms with Gasteiger partial charge in [-0.05, 0) is 13.3 Å². The SMILES string of the molecule is CCCCC(=O)Nc1cc(C)nn1CCO. The molecular formula is C11H19N3O2. The quantitative estimate of drug-likeness (QED) is 0.767. The van der Waals surface area contributed by atoms with Gasteiger partial charge in [0.1, 0.15) is 5.82 Å². The third kappa shape index (κ3) is 3.66. The van der Waals surface area contributed by atoms with Crippen LogP contribution in [-0.4, -0.2) is 27.4 Å². The maximum Gasteiger partial charge on any atom is 0.225 e. The van der Waals surface area contributed by atoms with Gasteiger partial charge in [-0.2, -0.15) is 5.10 Å². The van der Waals surface area contributed by atoms with Crippen molar-refractivity contribution in [3.05, 3.63) is 11.8 Å². The molecule has 1 amide bonds. The Labute approximate surface area is 95.5 Å². The third-order valence-corrected chi connectivity index (χ3v) is 2.24. The number of amides is 1. The van der Waals surface area contributed by atoms with E-state index in [9.17, 15) is 4.79 Å². The summed E-state index contributed by atoms with van der Waals surface area (Å²) in [5, 5.41) is 15.8. The summed E-state index contributed by atoms with van der Waals surface area (Å²) in [4.78, 5) is 11.5. The number of rotatable bonds is 6. The van der Waals surface area contributed by atoms with Crippen molar-refractivity contribution in [2.45, 2.75) is 39.7 Å². The van der Waals surface area contributed by atoms with E-state index in [2.05, 4.69) is 10.4 Å². The first kappa shape index (κ1) is 12.7. The van der Waals surface area contributed by atoms with Crippen LogP contribution in [0.4, 0.5) is 5.82 Å². The number of hydrogen-bond donors (Lipinski definition) is 2. The van der Waals surface area contributed by atoms with Crippen molar-refractivity contribution in [2.24, 2.45) is 0 Å². The Balaban J connectivity index is 2.61. The van der Waals surface area contributed by atoms with Gasteiger partial charge in [-0.1, -0.05) is 13.3 Å². The van der Waals surface area contributed by atoms with Gasteiger partial charge in [0.25, 0.3) is 0 Å². The monoisotopic (exact) mass is 225 g/mol. The number of nitrogens with zero attached hydrogens (tertiary/aromatic N) is 2. The van der Waals surface area contributed by atoms with E-state index in [1.54, 1.807) is 10.7 Å². The van der Waals surface area contributed by atoms with Crippen LogP contribution in [0.1, 0.15) is 31.9 Å². The topological polar surface area (TPSA) is 67.2 Å². The van der Waals surface area contributed by atoms with Crippen molar-refractivity contribution in [3.8, 4) is 0 Å². The molecule has 1 aromatic heterocycles. The van der Waals surface area contributed by atoms with Crippen LogP contribution in [-0.2, 0) is 11.3 Å². The standard InChI is InChI=1S/C11H19N3O2/c1-3-4-5-11(16)12-10-8-9(2)13-14(10)6-7-15/h8,15H,3-7H2,1-2H3,(H,12,16). The summed E-state index contributed by atoms with van der Waals surface area (Å²) in [6, 6.07) is 1.81. The summed E-state index contributed by atoms with van der Waals surface area (Å²) in [5.74, 6) is 0.661. The third-order valence-electron chi connectivity index (χ3n) is 2.24. The molecular weight excluding hydrogens is 206 g/mol. The average Bonchev–Trinajstić information content (AvgIpc) is 2.56. The van der Waals surface area contributed by atoms with Crippen LogP contribution >= 0.6 is 0 Å². The molecule has 1 rings (SSSR count). The van der Waals surface area contributed by atoms with E-state index in [-0.39, 0.29) is 12.5 Å². The molecule has 0 fully saturated rings. The molecule has 0 spiro atoms. The predicted octanol–water partition coefficient (Wildman–Crippen LogP) is 1.31. The summed E-state index contributed by atoms with van der Waals surface area (Å²) in [6.45, 7) is 4.32. The highest BCUT2D eigenvalue weighted by molar-refractivity contribution is 5.89. The Kier molecular flexibility index (Phi) is 4.98. The molecule has 0 saturated carbocycles. The highest BCUT2D eigenvalue weighted by Crippen LogP contribution is 2.10. The van der Waals surface area contributed by atoms with Crippen molar-refractivity contribution in [1.82, 2.24) is 9.78 Å². The summed E-state index contributed by atoms with van der Waals surface area (Å²) in [7, 11) is 0. The number of aromatic nitrogens is 2. The fraction of sp³-hybridized carbons (Fsp3) is 0.636. The summed E-state index contributed by atoms with van der Waals surface area (Å²) < 4.78 is 1.61. The van der Waals surface area contributed by atoms with Gasteiger partial charge in [-0.25, -0.2) is 4.68 Å². The highest BCUT2D eigenvalue weighted by Gasteiger charge is 2.08. The minimum absolute atomic E-state index is 0.000870. The number of aliphatic hydroxyl groups is 1. The van der Waals surface area contributed by atoms with E-state index < -0.39 is 0 Å². The molecule has 0 saturated heterocycles. The van der Waals surface area contributed by atoms with Gasteiger partial charge in [-0.15, -0.1) is 0 Å². The summed E-state index contributed by atoms with van der Waals surface area (Å²) in [6.07, 6.45) is 2.42. The minimum Gasteiger partial charge on any atom is -0.394 e. The smallest absolute Gasteiger partial charge is 0.225 e. The first-order valence-corrected chi connectivity index (χ1v) is 5.62. The lowest BCUT2D eigenvalue weighted by Crippen LogP contribution is -2.16. The second kappa shape index (κ2) is 6.27. The lowest BCUT2D eigenvalue weighted by Gasteiger charge is -2.07. The van der Waals surface area contributed by atoms with Crippen molar-refractivity contribution >= 4 is 11.7 Å². The van der Waals surface area contributed by atoms with Gasteiger partial charge in [0.2, 0.25) is 5.91 Å². The zero-order valence-electron chi connectivity index (χ0n) is 9.86. The molecule has 0 unspecified atom stereocenters. The molecule has 1 heterocycles. The maximum atomic E-state index is 11.5. The summed E-state index contributed by atoms with van der Waals surface area (Å²) >= 11 is 0. The van der Waals surface area contributed by atoms with E-state index in [1.807, 2.05) is 13.8 Å².